The number of anilines is 2. The van der Waals surface area contributed by atoms with E-state index in [1.165, 1.54) is 24.4 Å². The molecule has 0 fully saturated rings. The zero-order chi connectivity index (χ0) is 27.9. The SMILES string of the molecule is CCc1ccc(NC(=O)CSC2=C(C#N)C(c3ccc(C)o3)C(C(=O)Nc3ccccc3OC)=C(C)N2)cc1. The van der Waals surface area contributed by atoms with Crippen LogP contribution in [0, 0.1) is 18.3 Å². The number of methoxy groups -OCH3 is 1. The molecule has 0 radical (unpaired) electrons. The summed E-state index contributed by atoms with van der Waals surface area (Å²) in [4.78, 5) is 26.3. The molecule has 8 nitrogen and oxygen atoms in total. The number of nitriles is 1. The van der Waals surface area contributed by atoms with Gasteiger partial charge in [0.2, 0.25) is 5.91 Å². The number of ether oxygens (including phenoxy) is 1. The number of rotatable bonds is 9. The maximum atomic E-state index is 13.6. The van der Waals surface area contributed by atoms with Gasteiger partial charge in [-0.1, -0.05) is 43.0 Å². The summed E-state index contributed by atoms with van der Waals surface area (Å²) in [5.74, 6) is 0.353. The molecule has 1 atom stereocenters. The lowest BCUT2D eigenvalue weighted by atomic mass is 9.85. The Hall–Kier alpha value is -4.42. The smallest absolute Gasteiger partial charge is 0.254 e. The van der Waals surface area contributed by atoms with Crippen LogP contribution in [0.1, 0.15) is 36.8 Å². The van der Waals surface area contributed by atoms with Gasteiger partial charge in [-0.3, -0.25) is 9.59 Å². The summed E-state index contributed by atoms with van der Waals surface area (Å²) < 4.78 is 11.3. The number of hydrogen-bond acceptors (Lipinski definition) is 7. The van der Waals surface area contributed by atoms with Crippen molar-refractivity contribution < 1.29 is 18.7 Å². The second kappa shape index (κ2) is 12.4. The molecule has 1 aliphatic rings. The summed E-state index contributed by atoms with van der Waals surface area (Å²) in [5.41, 5.74) is 3.59. The standard InChI is InChI=1S/C30H30N4O4S/c1-5-20-11-13-21(14-12-20)33-26(35)17-39-30-22(16-31)28(25-15-10-18(2)38-25)27(19(3)32-30)29(36)34-23-8-6-7-9-24(23)37-4/h6-15,28,32H,5,17H2,1-4H3,(H,33,35)(H,34,36). The molecule has 200 valence electrons. The second-order valence-electron chi connectivity index (χ2n) is 8.94. The number of carbonyl (C=O) groups excluding carboxylic acids is 2. The Morgan fingerprint density at radius 1 is 1.08 bits per heavy atom. The van der Waals surface area contributed by atoms with Crippen LogP contribution >= 0.6 is 11.8 Å². The number of para-hydroxylation sites is 2. The highest BCUT2D eigenvalue weighted by atomic mass is 32.2. The highest BCUT2D eigenvalue weighted by Crippen LogP contribution is 2.42. The molecule has 39 heavy (non-hydrogen) atoms. The molecule has 3 aromatic rings. The number of allylic oxidation sites excluding steroid dienone is 2. The summed E-state index contributed by atoms with van der Waals surface area (Å²) in [7, 11) is 1.53. The molecular formula is C30H30N4O4S. The van der Waals surface area contributed by atoms with E-state index in [2.05, 4.69) is 28.9 Å². The van der Waals surface area contributed by atoms with Gasteiger partial charge in [-0.25, -0.2) is 0 Å². The molecular weight excluding hydrogens is 512 g/mol. The molecule has 3 N–H and O–H groups in total. The number of hydrogen-bond donors (Lipinski definition) is 3. The third-order valence-electron chi connectivity index (χ3n) is 6.29. The predicted molar refractivity (Wildman–Crippen MR) is 153 cm³/mol. The van der Waals surface area contributed by atoms with Crippen molar-refractivity contribution in [3.63, 3.8) is 0 Å². The van der Waals surface area contributed by atoms with Crippen molar-refractivity contribution in [2.45, 2.75) is 33.1 Å². The Morgan fingerprint density at radius 3 is 2.46 bits per heavy atom. The average Bonchev–Trinajstić information content (AvgIpc) is 3.37. The van der Waals surface area contributed by atoms with E-state index in [1.54, 1.807) is 44.2 Å². The van der Waals surface area contributed by atoms with Gasteiger partial charge in [-0.2, -0.15) is 5.26 Å². The van der Waals surface area contributed by atoms with Crippen molar-refractivity contribution in [1.29, 1.82) is 5.26 Å². The average molecular weight is 543 g/mol. The van der Waals surface area contributed by atoms with Crippen molar-refractivity contribution in [2.75, 3.05) is 23.5 Å². The van der Waals surface area contributed by atoms with Gasteiger partial charge >= 0.3 is 0 Å². The predicted octanol–water partition coefficient (Wildman–Crippen LogP) is 5.87. The highest BCUT2D eigenvalue weighted by molar-refractivity contribution is 8.03. The van der Waals surface area contributed by atoms with Gasteiger partial charge in [-0.05, 0) is 62.2 Å². The summed E-state index contributed by atoms with van der Waals surface area (Å²) in [5, 5.41) is 19.7. The largest absolute Gasteiger partial charge is 0.495 e. The fraction of sp³-hybridized carbons (Fsp3) is 0.233. The van der Waals surface area contributed by atoms with Gasteiger partial charge in [0.05, 0.1) is 46.7 Å². The molecule has 4 rings (SSSR count). The van der Waals surface area contributed by atoms with Crippen LogP contribution in [0.3, 0.4) is 0 Å². The summed E-state index contributed by atoms with van der Waals surface area (Å²) in [6.07, 6.45) is 0.920. The topological polar surface area (TPSA) is 116 Å². The molecule has 9 heteroatoms. The summed E-state index contributed by atoms with van der Waals surface area (Å²) in [6.45, 7) is 5.64. The van der Waals surface area contributed by atoms with Crippen LogP contribution in [0.2, 0.25) is 0 Å². The molecule has 2 amide bonds. The minimum Gasteiger partial charge on any atom is -0.495 e. The van der Waals surface area contributed by atoms with E-state index in [9.17, 15) is 14.9 Å². The van der Waals surface area contributed by atoms with Gasteiger partial charge in [0.1, 0.15) is 17.3 Å². The van der Waals surface area contributed by atoms with E-state index in [0.29, 0.717) is 50.5 Å². The molecule has 2 heterocycles. The molecule has 1 aliphatic heterocycles. The Kier molecular flexibility index (Phi) is 8.79. The fourth-order valence-corrected chi connectivity index (χ4v) is 5.21. The van der Waals surface area contributed by atoms with Crippen LogP contribution in [0.25, 0.3) is 0 Å². The van der Waals surface area contributed by atoms with E-state index in [4.69, 9.17) is 9.15 Å². The van der Waals surface area contributed by atoms with Crippen LogP contribution in [0.5, 0.6) is 5.75 Å². The lowest BCUT2D eigenvalue weighted by Gasteiger charge is -2.28. The zero-order valence-electron chi connectivity index (χ0n) is 22.3. The van der Waals surface area contributed by atoms with Gasteiger partial charge < -0.3 is 25.1 Å². The van der Waals surface area contributed by atoms with Crippen molar-refractivity contribution in [3.8, 4) is 11.8 Å². The molecule has 0 bridgehead atoms. The number of carbonyl (C=O) groups is 2. The minimum atomic E-state index is -0.758. The van der Waals surface area contributed by atoms with Gasteiger partial charge in [-0.15, -0.1) is 0 Å². The van der Waals surface area contributed by atoms with Crippen molar-refractivity contribution >= 4 is 35.0 Å². The number of dihydropyridines is 1. The quantitative estimate of drug-likeness (QED) is 0.310. The van der Waals surface area contributed by atoms with Gasteiger partial charge in [0, 0.05) is 11.4 Å². The van der Waals surface area contributed by atoms with Crippen LogP contribution in [-0.4, -0.2) is 24.7 Å². The Balaban J connectivity index is 1.59. The molecule has 0 saturated heterocycles. The lowest BCUT2D eigenvalue weighted by Crippen LogP contribution is -2.31. The van der Waals surface area contributed by atoms with Crippen LogP contribution in [0.15, 0.2) is 87.0 Å². The first-order valence-electron chi connectivity index (χ1n) is 12.5. The van der Waals surface area contributed by atoms with Crippen LogP contribution in [-0.2, 0) is 16.0 Å². The first kappa shape index (κ1) is 27.6. The highest BCUT2D eigenvalue weighted by Gasteiger charge is 2.37. The third kappa shape index (κ3) is 6.36. The Bertz CT molecular complexity index is 1480. The maximum Gasteiger partial charge on any atom is 0.254 e. The monoisotopic (exact) mass is 542 g/mol. The fourth-order valence-electron chi connectivity index (χ4n) is 4.32. The minimum absolute atomic E-state index is 0.0724. The summed E-state index contributed by atoms with van der Waals surface area (Å²) in [6, 6.07) is 20.6. The van der Waals surface area contributed by atoms with E-state index in [0.717, 1.165) is 6.42 Å². The lowest BCUT2D eigenvalue weighted by molar-refractivity contribution is -0.114. The number of nitrogens with zero attached hydrogens (tertiary/aromatic N) is 1. The second-order valence-corrected chi connectivity index (χ2v) is 9.93. The van der Waals surface area contributed by atoms with E-state index >= 15 is 0 Å². The maximum absolute atomic E-state index is 13.6. The van der Waals surface area contributed by atoms with E-state index < -0.39 is 11.8 Å². The number of nitrogens with one attached hydrogen (secondary N) is 3. The van der Waals surface area contributed by atoms with E-state index in [-0.39, 0.29) is 11.7 Å². The number of benzene rings is 2. The zero-order valence-corrected chi connectivity index (χ0v) is 23.1. The van der Waals surface area contributed by atoms with Gasteiger partial charge in [0.25, 0.3) is 5.91 Å². The number of amides is 2. The van der Waals surface area contributed by atoms with E-state index in [1.807, 2.05) is 30.3 Å². The Labute approximate surface area is 232 Å². The summed E-state index contributed by atoms with van der Waals surface area (Å²) >= 11 is 1.20. The molecule has 2 aromatic carbocycles. The molecule has 0 spiro atoms. The molecule has 0 aliphatic carbocycles. The Morgan fingerprint density at radius 2 is 1.82 bits per heavy atom. The molecule has 1 unspecified atom stereocenters. The molecule has 0 saturated carbocycles. The van der Waals surface area contributed by atoms with Crippen molar-refractivity contribution in [3.05, 3.63) is 99.6 Å². The van der Waals surface area contributed by atoms with Crippen LogP contribution in [0.4, 0.5) is 11.4 Å². The van der Waals surface area contributed by atoms with Crippen LogP contribution < -0.4 is 20.7 Å². The van der Waals surface area contributed by atoms with Crippen molar-refractivity contribution in [2.24, 2.45) is 0 Å². The first-order valence-corrected chi connectivity index (χ1v) is 13.5. The first-order chi connectivity index (χ1) is 18.8. The third-order valence-corrected chi connectivity index (χ3v) is 7.30. The number of aryl methyl sites for hydroxylation is 2. The number of furan rings is 1. The van der Waals surface area contributed by atoms with Crippen molar-refractivity contribution in [1.82, 2.24) is 5.32 Å². The number of thioether (sulfide) groups is 1. The normalized spacial score (nSPS) is 14.9. The van der Waals surface area contributed by atoms with Gasteiger partial charge in [0.15, 0.2) is 0 Å². The molecule has 1 aromatic heterocycles.